The van der Waals surface area contributed by atoms with Gasteiger partial charge in [-0.2, -0.15) is 0 Å². The zero-order chi connectivity index (χ0) is 15.9. The molecule has 2 aromatic rings. The average Bonchev–Trinajstić information content (AvgIpc) is 3.10. The Bertz CT molecular complexity index is 793. The molecular weight excluding hydrogens is 300 g/mol. The lowest BCUT2D eigenvalue weighted by Gasteiger charge is -2.10. The van der Waals surface area contributed by atoms with Gasteiger partial charge in [0, 0.05) is 25.6 Å². The second-order valence-electron chi connectivity index (χ2n) is 5.72. The Balaban J connectivity index is 1.99. The maximum absolute atomic E-state index is 12.6. The van der Waals surface area contributed by atoms with Gasteiger partial charge in [-0.1, -0.05) is 0 Å². The molecule has 1 aliphatic heterocycles. The largest absolute Gasteiger partial charge is 0.350 e. The maximum atomic E-state index is 12.6. The van der Waals surface area contributed by atoms with E-state index in [0.717, 1.165) is 30.8 Å². The first-order valence-corrected chi connectivity index (χ1v) is 8.33. The van der Waals surface area contributed by atoms with Crippen molar-refractivity contribution >= 4 is 27.5 Å². The Kier molecular flexibility index (Phi) is 4.01. The third-order valence-electron chi connectivity index (χ3n) is 4.18. The van der Waals surface area contributed by atoms with Crippen molar-refractivity contribution in [3.05, 3.63) is 26.6 Å². The molecule has 0 spiro atoms. The second-order valence-corrected chi connectivity index (χ2v) is 6.72. The predicted molar refractivity (Wildman–Crippen MR) is 87.8 cm³/mol. The summed E-state index contributed by atoms with van der Waals surface area (Å²) in [6, 6.07) is 0.200. The van der Waals surface area contributed by atoms with Gasteiger partial charge in [0.2, 0.25) is 0 Å². The molecule has 22 heavy (non-hydrogen) atoms. The van der Waals surface area contributed by atoms with Gasteiger partial charge in [0.05, 0.1) is 10.3 Å². The van der Waals surface area contributed by atoms with Crippen LogP contribution >= 0.6 is 11.3 Å². The third kappa shape index (κ3) is 2.44. The van der Waals surface area contributed by atoms with E-state index in [2.05, 4.69) is 15.6 Å². The van der Waals surface area contributed by atoms with Crippen LogP contribution in [0.25, 0.3) is 10.2 Å². The van der Waals surface area contributed by atoms with Crippen molar-refractivity contribution in [2.75, 3.05) is 13.6 Å². The molecule has 7 heteroatoms. The van der Waals surface area contributed by atoms with Crippen molar-refractivity contribution in [2.45, 2.75) is 39.3 Å². The molecule has 0 radical (unpaired) electrons. The van der Waals surface area contributed by atoms with Gasteiger partial charge >= 0.3 is 0 Å². The number of carbonyl (C=O) groups excluding carboxylic acids is 1. The van der Waals surface area contributed by atoms with Gasteiger partial charge in [0.1, 0.15) is 10.7 Å². The van der Waals surface area contributed by atoms with Crippen molar-refractivity contribution < 1.29 is 4.79 Å². The predicted octanol–water partition coefficient (Wildman–Crippen LogP) is 1.05. The molecule has 118 valence electrons. The fourth-order valence-corrected chi connectivity index (χ4v) is 3.83. The van der Waals surface area contributed by atoms with Gasteiger partial charge < -0.3 is 10.6 Å². The summed E-state index contributed by atoms with van der Waals surface area (Å²) in [5, 5.41) is 6.58. The van der Waals surface area contributed by atoms with E-state index in [1.807, 2.05) is 20.9 Å². The summed E-state index contributed by atoms with van der Waals surface area (Å²) in [4.78, 5) is 30.8. The quantitative estimate of drug-likeness (QED) is 0.883. The highest BCUT2D eigenvalue weighted by Crippen LogP contribution is 2.28. The highest BCUT2D eigenvalue weighted by Gasteiger charge is 2.23. The first-order chi connectivity index (χ1) is 10.5. The number of thiophene rings is 1. The van der Waals surface area contributed by atoms with Gasteiger partial charge in [-0.05, 0) is 32.9 Å². The number of nitrogens with zero attached hydrogens (tertiary/aromatic N) is 2. The van der Waals surface area contributed by atoms with Gasteiger partial charge in [-0.3, -0.25) is 14.2 Å². The number of amides is 1. The van der Waals surface area contributed by atoms with Crippen molar-refractivity contribution in [1.29, 1.82) is 0 Å². The molecule has 0 aliphatic carbocycles. The van der Waals surface area contributed by atoms with Gasteiger partial charge in [-0.25, -0.2) is 4.98 Å². The molecule has 1 aliphatic rings. The molecule has 1 amide bonds. The molecule has 0 bridgehead atoms. The summed E-state index contributed by atoms with van der Waals surface area (Å²) in [7, 11) is 1.86. The molecule has 0 saturated carbocycles. The van der Waals surface area contributed by atoms with E-state index in [4.69, 9.17) is 0 Å². The van der Waals surface area contributed by atoms with E-state index in [0.29, 0.717) is 21.6 Å². The van der Waals surface area contributed by atoms with Crippen molar-refractivity contribution in [2.24, 2.45) is 0 Å². The van der Waals surface area contributed by atoms with E-state index < -0.39 is 0 Å². The van der Waals surface area contributed by atoms with Crippen molar-refractivity contribution in [3.63, 3.8) is 0 Å². The van der Waals surface area contributed by atoms with Crippen LogP contribution in [0.5, 0.6) is 0 Å². The second kappa shape index (κ2) is 5.81. The summed E-state index contributed by atoms with van der Waals surface area (Å²) in [6.07, 6.45) is 1.80. The summed E-state index contributed by atoms with van der Waals surface area (Å²) < 4.78 is 1.74. The van der Waals surface area contributed by atoms with Gasteiger partial charge in [-0.15, -0.1) is 11.3 Å². The molecule has 3 rings (SSSR count). The minimum Gasteiger partial charge on any atom is -0.350 e. The minimum absolute atomic E-state index is 0.00565. The number of carbonyl (C=O) groups is 1. The Hall–Kier alpha value is -1.73. The average molecular weight is 320 g/mol. The lowest BCUT2D eigenvalue weighted by atomic mass is 10.2. The van der Waals surface area contributed by atoms with E-state index in [1.165, 1.54) is 11.3 Å². The summed E-state index contributed by atoms with van der Waals surface area (Å²) >= 11 is 1.31. The van der Waals surface area contributed by atoms with Crippen LogP contribution in [-0.4, -0.2) is 35.1 Å². The van der Waals surface area contributed by atoms with E-state index in [9.17, 15) is 9.59 Å². The molecule has 1 atom stereocenters. The fraction of sp³-hybridized carbons (Fsp3) is 0.533. The van der Waals surface area contributed by atoms with Crippen LogP contribution in [0.15, 0.2) is 4.79 Å². The molecule has 2 N–H and O–H groups in total. The summed E-state index contributed by atoms with van der Waals surface area (Å²) in [6.45, 7) is 5.11. The lowest BCUT2D eigenvalue weighted by molar-refractivity contribution is 0.0954. The SMILES string of the molecule is CNC(C)CNC(=O)c1sc2nc3n(c(=O)c2c1C)CCC3. The lowest BCUT2D eigenvalue weighted by Crippen LogP contribution is -2.37. The number of rotatable bonds is 4. The molecule has 6 nitrogen and oxygen atoms in total. The fourth-order valence-electron chi connectivity index (χ4n) is 2.72. The number of likely N-dealkylation sites (N-methyl/N-ethyl adjacent to an activating group) is 1. The van der Waals surface area contributed by atoms with E-state index in [-0.39, 0.29) is 17.5 Å². The first-order valence-electron chi connectivity index (χ1n) is 7.51. The zero-order valence-electron chi connectivity index (χ0n) is 13.0. The summed E-state index contributed by atoms with van der Waals surface area (Å²) in [5.74, 6) is 0.710. The Labute approximate surface area is 132 Å². The van der Waals surface area contributed by atoms with Crippen LogP contribution in [-0.2, 0) is 13.0 Å². The number of aryl methyl sites for hydroxylation is 2. The molecule has 3 heterocycles. The molecular formula is C15H20N4O2S. The standard InChI is InChI=1S/C15H20N4O2S/c1-8(16-3)7-17-13(20)12-9(2)11-14(22-12)18-10-5-4-6-19(10)15(11)21/h8,16H,4-7H2,1-3H3,(H,17,20). The minimum atomic E-state index is -0.132. The molecule has 0 aromatic carbocycles. The number of aromatic nitrogens is 2. The molecule has 1 unspecified atom stereocenters. The van der Waals surface area contributed by atoms with Crippen LogP contribution < -0.4 is 16.2 Å². The summed E-state index contributed by atoms with van der Waals surface area (Å²) in [5.41, 5.74) is 0.739. The normalized spacial score (nSPS) is 15.0. The highest BCUT2D eigenvalue weighted by molar-refractivity contribution is 7.20. The van der Waals surface area contributed by atoms with Crippen molar-refractivity contribution in [1.82, 2.24) is 20.2 Å². The molecule has 2 aromatic heterocycles. The highest BCUT2D eigenvalue weighted by atomic mass is 32.1. The van der Waals surface area contributed by atoms with Crippen molar-refractivity contribution in [3.8, 4) is 0 Å². The third-order valence-corrected chi connectivity index (χ3v) is 5.36. The number of hydrogen-bond donors (Lipinski definition) is 2. The Morgan fingerprint density at radius 2 is 2.27 bits per heavy atom. The van der Waals surface area contributed by atoms with Crippen LogP contribution in [0.4, 0.5) is 0 Å². The zero-order valence-corrected chi connectivity index (χ0v) is 13.8. The number of fused-ring (bicyclic) bond motifs is 2. The Morgan fingerprint density at radius 1 is 1.50 bits per heavy atom. The van der Waals surface area contributed by atoms with Crippen LogP contribution in [0, 0.1) is 6.92 Å². The number of hydrogen-bond acceptors (Lipinski definition) is 5. The topological polar surface area (TPSA) is 76.0 Å². The smallest absolute Gasteiger partial charge is 0.262 e. The van der Waals surface area contributed by atoms with Crippen LogP contribution in [0.1, 0.15) is 34.4 Å². The maximum Gasteiger partial charge on any atom is 0.262 e. The van der Waals surface area contributed by atoms with Crippen LogP contribution in [0.2, 0.25) is 0 Å². The molecule has 0 saturated heterocycles. The number of nitrogens with one attached hydrogen (secondary N) is 2. The van der Waals surface area contributed by atoms with Gasteiger partial charge in [0.25, 0.3) is 11.5 Å². The first kappa shape index (κ1) is 15.2. The van der Waals surface area contributed by atoms with E-state index in [1.54, 1.807) is 4.57 Å². The van der Waals surface area contributed by atoms with E-state index >= 15 is 0 Å². The van der Waals surface area contributed by atoms with Gasteiger partial charge in [0.15, 0.2) is 0 Å². The Morgan fingerprint density at radius 3 is 3.00 bits per heavy atom. The van der Waals surface area contributed by atoms with Crippen LogP contribution in [0.3, 0.4) is 0 Å². The monoisotopic (exact) mass is 320 g/mol. The molecule has 0 fully saturated rings.